The molecule has 1 atom stereocenters. The van der Waals surface area contributed by atoms with Gasteiger partial charge in [-0.25, -0.2) is 13.2 Å². The molecule has 1 amide bonds. The number of aromatic nitrogens is 2. The summed E-state index contributed by atoms with van der Waals surface area (Å²) in [5.74, 6) is -2.46. The molecule has 5 nitrogen and oxygen atoms in total. The van der Waals surface area contributed by atoms with Gasteiger partial charge in [0.25, 0.3) is 5.89 Å². The second-order valence-electron chi connectivity index (χ2n) is 5.97. The summed E-state index contributed by atoms with van der Waals surface area (Å²) in [5.41, 5.74) is 0.839. The molecule has 2 aromatic carbocycles. The molecule has 4 rings (SSSR count). The summed E-state index contributed by atoms with van der Waals surface area (Å²) in [4.78, 5) is 18.0. The second kappa shape index (κ2) is 6.29. The molecule has 0 N–H and O–H groups in total. The first-order valence-corrected chi connectivity index (χ1v) is 7.86. The van der Waals surface area contributed by atoms with Crippen LogP contribution < -0.4 is 4.90 Å². The number of halogens is 3. The summed E-state index contributed by atoms with van der Waals surface area (Å²) in [6, 6.07) is 8.90. The molecule has 0 radical (unpaired) electrons. The van der Waals surface area contributed by atoms with Gasteiger partial charge in [0.05, 0.1) is 0 Å². The number of benzene rings is 2. The van der Waals surface area contributed by atoms with Crippen LogP contribution in [0, 0.1) is 17.5 Å². The van der Waals surface area contributed by atoms with E-state index in [1.807, 2.05) is 0 Å². The van der Waals surface area contributed by atoms with E-state index < -0.39 is 11.6 Å². The van der Waals surface area contributed by atoms with Crippen molar-refractivity contribution in [3.8, 4) is 11.5 Å². The topological polar surface area (TPSA) is 59.2 Å². The van der Waals surface area contributed by atoms with Crippen molar-refractivity contribution >= 4 is 11.6 Å². The number of anilines is 1. The Morgan fingerprint density at radius 3 is 2.54 bits per heavy atom. The van der Waals surface area contributed by atoms with Gasteiger partial charge in [0.15, 0.2) is 17.5 Å². The van der Waals surface area contributed by atoms with Crippen molar-refractivity contribution in [2.75, 3.05) is 11.4 Å². The minimum Gasteiger partial charge on any atom is -0.334 e. The van der Waals surface area contributed by atoms with E-state index in [-0.39, 0.29) is 35.5 Å². The van der Waals surface area contributed by atoms with Crippen molar-refractivity contribution in [1.29, 1.82) is 0 Å². The minimum atomic E-state index is -1.01. The number of rotatable bonds is 3. The van der Waals surface area contributed by atoms with Gasteiger partial charge in [0, 0.05) is 30.1 Å². The Balaban J connectivity index is 1.55. The summed E-state index contributed by atoms with van der Waals surface area (Å²) in [6.45, 7) is 0.321. The van der Waals surface area contributed by atoms with E-state index in [0.29, 0.717) is 18.1 Å². The number of amides is 1. The molecule has 0 saturated carbocycles. The molecule has 8 heteroatoms. The minimum absolute atomic E-state index is 0.0478. The van der Waals surface area contributed by atoms with E-state index in [9.17, 15) is 18.0 Å². The Labute approximate surface area is 146 Å². The fourth-order valence-electron chi connectivity index (χ4n) is 2.90. The normalized spacial score (nSPS) is 17.1. The van der Waals surface area contributed by atoms with Crippen molar-refractivity contribution in [3.63, 3.8) is 0 Å². The predicted octanol–water partition coefficient (Wildman–Crippen LogP) is 3.67. The molecule has 26 heavy (non-hydrogen) atoms. The van der Waals surface area contributed by atoms with Crippen molar-refractivity contribution in [2.24, 2.45) is 0 Å². The largest absolute Gasteiger partial charge is 0.334 e. The number of hydrogen-bond donors (Lipinski definition) is 0. The van der Waals surface area contributed by atoms with Crippen LogP contribution in [0.4, 0.5) is 18.9 Å². The maximum atomic E-state index is 13.3. The molecular weight excluding hydrogens is 347 g/mol. The lowest BCUT2D eigenvalue weighted by Gasteiger charge is -2.15. The summed E-state index contributed by atoms with van der Waals surface area (Å²) < 4.78 is 44.5. The van der Waals surface area contributed by atoms with Gasteiger partial charge in [-0.3, -0.25) is 4.79 Å². The van der Waals surface area contributed by atoms with Gasteiger partial charge in [0.1, 0.15) is 5.82 Å². The first-order valence-electron chi connectivity index (χ1n) is 7.86. The van der Waals surface area contributed by atoms with Crippen LogP contribution in [-0.4, -0.2) is 22.6 Å². The molecule has 1 aliphatic heterocycles. The van der Waals surface area contributed by atoms with Crippen LogP contribution in [0.15, 0.2) is 47.0 Å². The van der Waals surface area contributed by atoms with Gasteiger partial charge in [0.2, 0.25) is 5.91 Å². The van der Waals surface area contributed by atoms with Gasteiger partial charge in [-0.2, -0.15) is 4.98 Å². The zero-order chi connectivity index (χ0) is 18.3. The summed E-state index contributed by atoms with van der Waals surface area (Å²) in [7, 11) is 0. The molecule has 1 aliphatic rings. The van der Waals surface area contributed by atoms with Crippen molar-refractivity contribution in [1.82, 2.24) is 10.1 Å². The highest BCUT2D eigenvalue weighted by atomic mass is 19.2. The molecule has 0 bridgehead atoms. The predicted molar refractivity (Wildman–Crippen MR) is 85.8 cm³/mol. The maximum Gasteiger partial charge on any atom is 0.258 e. The molecule has 1 fully saturated rings. The van der Waals surface area contributed by atoms with E-state index in [4.69, 9.17) is 4.52 Å². The van der Waals surface area contributed by atoms with E-state index in [1.54, 1.807) is 0 Å². The van der Waals surface area contributed by atoms with Gasteiger partial charge in [-0.05, 0) is 42.5 Å². The van der Waals surface area contributed by atoms with Crippen LogP contribution in [0.25, 0.3) is 11.5 Å². The van der Waals surface area contributed by atoms with Crippen molar-refractivity contribution < 1.29 is 22.5 Å². The molecule has 1 saturated heterocycles. The lowest BCUT2D eigenvalue weighted by atomic mass is 10.1. The summed E-state index contributed by atoms with van der Waals surface area (Å²) in [5, 5.41) is 3.86. The zero-order valence-electron chi connectivity index (χ0n) is 13.3. The van der Waals surface area contributed by atoms with Gasteiger partial charge < -0.3 is 9.42 Å². The van der Waals surface area contributed by atoms with Crippen molar-refractivity contribution in [3.05, 3.63) is 65.7 Å². The monoisotopic (exact) mass is 359 g/mol. The lowest BCUT2D eigenvalue weighted by molar-refractivity contribution is -0.117. The third-order valence-electron chi connectivity index (χ3n) is 4.24. The van der Waals surface area contributed by atoms with Crippen LogP contribution >= 0.6 is 0 Å². The quantitative estimate of drug-likeness (QED) is 0.716. The summed E-state index contributed by atoms with van der Waals surface area (Å²) >= 11 is 0. The highest BCUT2D eigenvalue weighted by Gasteiger charge is 2.34. The van der Waals surface area contributed by atoms with Crippen molar-refractivity contribution in [2.45, 2.75) is 12.3 Å². The Hall–Kier alpha value is -3.16. The van der Waals surface area contributed by atoms with E-state index in [2.05, 4.69) is 10.1 Å². The van der Waals surface area contributed by atoms with E-state index in [0.717, 1.165) is 12.1 Å². The number of hydrogen-bond acceptors (Lipinski definition) is 4. The average Bonchev–Trinajstić information content (AvgIpc) is 3.25. The highest BCUT2D eigenvalue weighted by Crippen LogP contribution is 2.31. The number of carbonyl (C=O) groups excluding carboxylic acids is 1. The van der Waals surface area contributed by atoms with Crippen LogP contribution in [0.3, 0.4) is 0 Å². The van der Waals surface area contributed by atoms with Crippen LogP contribution in [0.2, 0.25) is 0 Å². The molecule has 0 spiro atoms. The molecule has 1 unspecified atom stereocenters. The number of carbonyl (C=O) groups is 1. The lowest BCUT2D eigenvalue weighted by Crippen LogP contribution is -2.24. The Bertz CT molecular complexity index is 972. The smallest absolute Gasteiger partial charge is 0.258 e. The number of nitrogens with zero attached hydrogens (tertiary/aromatic N) is 3. The maximum absolute atomic E-state index is 13.3. The first-order chi connectivity index (χ1) is 12.5. The van der Waals surface area contributed by atoms with E-state index >= 15 is 0 Å². The fourth-order valence-corrected chi connectivity index (χ4v) is 2.90. The average molecular weight is 359 g/mol. The second-order valence-corrected chi connectivity index (χ2v) is 5.97. The SMILES string of the molecule is O=C1CC(c2noc(-c3ccc(F)c(F)c3)n2)CN1c1ccc(F)cc1. The Morgan fingerprint density at radius 1 is 1.04 bits per heavy atom. The Morgan fingerprint density at radius 2 is 1.81 bits per heavy atom. The highest BCUT2D eigenvalue weighted by molar-refractivity contribution is 5.96. The molecular formula is C18H12F3N3O2. The molecule has 0 aliphatic carbocycles. The van der Waals surface area contributed by atoms with Gasteiger partial charge in [-0.15, -0.1) is 0 Å². The molecule has 1 aromatic heterocycles. The summed E-state index contributed by atoms with van der Waals surface area (Å²) in [6.07, 6.45) is 0.175. The molecule has 3 aromatic rings. The van der Waals surface area contributed by atoms with Crippen LogP contribution in [0.1, 0.15) is 18.2 Å². The third kappa shape index (κ3) is 2.94. The zero-order valence-corrected chi connectivity index (χ0v) is 13.3. The van der Waals surface area contributed by atoms with Gasteiger partial charge in [-0.1, -0.05) is 5.16 Å². The Kier molecular flexibility index (Phi) is 3.95. The first kappa shape index (κ1) is 16.3. The third-order valence-corrected chi connectivity index (χ3v) is 4.24. The standard InChI is InChI=1S/C18H12F3N3O2/c19-12-2-4-13(5-3-12)24-9-11(8-16(24)25)17-22-18(26-23-17)10-1-6-14(20)15(21)7-10/h1-7,11H,8-9H2. The fraction of sp³-hybridized carbons (Fsp3) is 0.167. The van der Waals surface area contributed by atoms with Crippen LogP contribution in [-0.2, 0) is 4.79 Å². The van der Waals surface area contributed by atoms with E-state index in [1.165, 1.54) is 35.2 Å². The molecule has 132 valence electrons. The van der Waals surface area contributed by atoms with Crippen LogP contribution in [0.5, 0.6) is 0 Å². The van der Waals surface area contributed by atoms with Gasteiger partial charge >= 0.3 is 0 Å². The molecule has 2 heterocycles.